The smallest absolute Gasteiger partial charge is 0.171 e. The van der Waals surface area contributed by atoms with Crippen LogP contribution in [0.5, 0.6) is 0 Å². The van der Waals surface area contributed by atoms with Crippen molar-refractivity contribution in [1.82, 2.24) is 24.6 Å². The molecule has 2 aromatic heterocycles. The van der Waals surface area contributed by atoms with Gasteiger partial charge in [0.2, 0.25) is 0 Å². The average molecular weight is 535 g/mol. The highest BCUT2D eigenvalue weighted by Crippen LogP contribution is 2.40. The lowest BCUT2D eigenvalue weighted by Crippen LogP contribution is -2.45. The minimum Gasteiger partial charge on any atom is -0.306 e. The van der Waals surface area contributed by atoms with Crippen molar-refractivity contribution in [3.05, 3.63) is 69.6 Å². The van der Waals surface area contributed by atoms with Gasteiger partial charge in [-0.2, -0.15) is 5.10 Å². The lowest BCUT2D eigenvalue weighted by molar-refractivity contribution is 0.0705. The fourth-order valence-corrected chi connectivity index (χ4v) is 5.44. The summed E-state index contributed by atoms with van der Waals surface area (Å²) >= 11 is 2.30. The zero-order chi connectivity index (χ0) is 21.8. The molecule has 160 valence electrons. The number of hydrogen-bond acceptors (Lipinski definition) is 5. The molecule has 2 unspecified atom stereocenters. The number of fused-ring (bicyclic) bond motifs is 3. The Balaban J connectivity index is 1.56. The van der Waals surface area contributed by atoms with Crippen LogP contribution in [0.4, 0.5) is 0 Å². The summed E-state index contributed by atoms with van der Waals surface area (Å²) in [6, 6.07) is 16.1. The van der Waals surface area contributed by atoms with E-state index in [1.807, 2.05) is 28.9 Å². The second-order valence-corrected chi connectivity index (χ2v) is 10.0. The second-order valence-electron chi connectivity index (χ2n) is 8.79. The lowest BCUT2D eigenvalue weighted by atomic mass is 9.73. The summed E-state index contributed by atoms with van der Waals surface area (Å²) in [6.07, 6.45) is 3.64. The minimum absolute atomic E-state index is 0.0165. The van der Waals surface area contributed by atoms with Crippen molar-refractivity contribution in [3.63, 3.8) is 0 Å². The van der Waals surface area contributed by atoms with Crippen LogP contribution < -0.4 is 0 Å². The number of hydrogen-bond donors (Lipinski definition) is 0. The molecular weight excluding hydrogens is 513 g/mol. The first-order chi connectivity index (χ1) is 15.6. The van der Waals surface area contributed by atoms with Gasteiger partial charge in [0, 0.05) is 16.0 Å². The Morgan fingerprint density at radius 3 is 2.66 bits per heavy atom. The van der Waals surface area contributed by atoms with Crippen LogP contribution in [0.15, 0.2) is 54.7 Å². The molecule has 1 saturated heterocycles. The number of para-hydroxylation sites is 2. The van der Waals surface area contributed by atoms with Crippen LogP contribution in [0.3, 0.4) is 0 Å². The van der Waals surface area contributed by atoms with Crippen molar-refractivity contribution in [2.24, 2.45) is 11.8 Å². The molecule has 1 aliphatic heterocycles. The Hall–Kier alpha value is -2.65. The van der Waals surface area contributed by atoms with E-state index < -0.39 is 0 Å². The number of nitrogens with zero attached hydrogens (tertiary/aromatic N) is 5. The number of piperidine rings is 1. The van der Waals surface area contributed by atoms with Gasteiger partial charge in [0.15, 0.2) is 5.78 Å². The summed E-state index contributed by atoms with van der Waals surface area (Å²) in [5.41, 5.74) is 5.65. The first-order valence-corrected chi connectivity index (χ1v) is 12.0. The molecule has 2 aliphatic rings. The van der Waals surface area contributed by atoms with Crippen molar-refractivity contribution in [2.75, 3.05) is 20.1 Å². The molecule has 32 heavy (non-hydrogen) atoms. The summed E-state index contributed by atoms with van der Waals surface area (Å²) in [5, 5.41) is 4.97. The highest BCUT2D eigenvalue weighted by molar-refractivity contribution is 14.1. The Kier molecular flexibility index (Phi) is 4.83. The van der Waals surface area contributed by atoms with Gasteiger partial charge < -0.3 is 4.90 Å². The van der Waals surface area contributed by atoms with Crippen LogP contribution >= 0.6 is 22.6 Å². The van der Waals surface area contributed by atoms with E-state index in [1.54, 1.807) is 6.20 Å². The Bertz CT molecular complexity index is 1350. The normalized spacial score (nSPS) is 20.9. The number of halogens is 1. The predicted molar refractivity (Wildman–Crippen MR) is 132 cm³/mol. The number of benzene rings is 2. The van der Waals surface area contributed by atoms with Crippen LogP contribution in [0.25, 0.3) is 28.1 Å². The van der Waals surface area contributed by atoms with E-state index in [0.29, 0.717) is 17.3 Å². The number of aromatic nitrogens is 4. The average Bonchev–Trinajstić information content (AvgIpc) is 3.19. The van der Waals surface area contributed by atoms with Crippen molar-refractivity contribution in [3.8, 4) is 17.1 Å². The van der Waals surface area contributed by atoms with Crippen molar-refractivity contribution >= 4 is 39.4 Å². The van der Waals surface area contributed by atoms with Gasteiger partial charge >= 0.3 is 0 Å². The van der Waals surface area contributed by atoms with Gasteiger partial charge in [-0.25, -0.2) is 9.67 Å². The third-order valence-corrected chi connectivity index (χ3v) is 7.46. The summed E-state index contributed by atoms with van der Waals surface area (Å²) in [6.45, 7) is 1.84. The Morgan fingerprint density at radius 2 is 1.84 bits per heavy atom. The predicted octanol–water partition coefficient (Wildman–Crippen LogP) is 4.39. The van der Waals surface area contributed by atoms with E-state index in [-0.39, 0.29) is 11.7 Å². The number of carbonyl (C=O) groups is 1. The first kappa shape index (κ1) is 20.0. The maximum Gasteiger partial charge on any atom is 0.171 e. The molecular formula is C25H22IN5O. The van der Waals surface area contributed by atoms with Crippen LogP contribution in [0.2, 0.25) is 0 Å². The molecule has 0 saturated carbocycles. The fourth-order valence-electron chi connectivity index (χ4n) is 5.09. The van der Waals surface area contributed by atoms with Crippen LogP contribution in [0, 0.1) is 15.4 Å². The molecule has 7 heteroatoms. The van der Waals surface area contributed by atoms with Gasteiger partial charge in [0.05, 0.1) is 34.2 Å². The molecule has 0 N–H and O–H groups in total. The second kappa shape index (κ2) is 7.74. The first-order valence-electron chi connectivity index (χ1n) is 10.9. The third-order valence-electron chi connectivity index (χ3n) is 6.74. The van der Waals surface area contributed by atoms with Gasteiger partial charge in [-0.1, -0.05) is 12.1 Å². The topological polar surface area (TPSA) is 63.9 Å². The van der Waals surface area contributed by atoms with Crippen LogP contribution in [-0.2, 0) is 6.42 Å². The SMILES string of the molecule is CN1CCC2Cc3c(c(-c4cnc5ccccc5n4)nn3-c3ccc(I)cc3)C(=O)C2C1. The highest BCUT2D eigenvalue weighted by Gasteiger charge is 2.42. The van der Waals surface area contributed by atoms with Crippen molar-refractivity contribution in [2.45, 2.75) is 12.8 Å². The van der Waals surface area contributed by atoms with Crippen LogP contribution in [-0.4, -0.2) is 50.6 Å². The number of carbonyl (C=O) groups excluding carboxylic acids is 1. The Labute approximate surface area is 199 Å². The zero-order valence-electron chi connectivity index (χ0n) is 17.7. The largest absolute Gasteiger partial charge is 0.306 e. The zero-order valence-corrected chi connectivity index (χ0v) is 19.9. The fraction of sp³-hybridized carbons (Fsp3) is 0.280. The van der Waals surface area contributed by atoms with E-state index in [9.17, 15) is 4.79 Å². The molecule has 2 atom stereocenters. The van der Waals surface area contributed by atoms with Crippen molar-refractivity contribution in [1.29, 1.82) is 0 Å². The summed E-state index contributed by atoms with van der Waals surface area (Å²) in [4.78, 5) is 25.5. The molecule has 0 spiro atoms. The monoisotopic (exact) mass is 535 g/mol. The van der Waals surface area contributed by atoms with Gasteiger partial charge in [0.25, 0.3) is 0 Å². The lowest BCUT2D eigenvalue weighted by Gasteiger charge is -2.38. The molecule has 6 rings (SSSR count). The van der Waals surface area contributed by atoms with E-state index in [0.717, 1.165) is 53.9 Å². The maximum atomic E-state index is 13.8. The number of Topliss-reactive ketones (excluding diaryl/α,β-unsaturated/α-hetero) is 1. The third kappa shape index (κ3) is 3.26. The summed E-state index contributed by atoms with van der Waals surface area (Å²) in [7, 11) is 2.10. The molecule has 0 radical (unpaired) electrons. The van der Waals surface area contributed by atoms with Gasteiger partial charge in [-0.3, -0.25) is 9.78 Å². The van der Waals surface area contributed by atoms with Crippen molar-refractivity contribution < 1.29 is 4.79 Å². The van der Waals surface area contributed by atoms with Gasteiger partial charge in [0.1, 0.15) is 11.4 Å². The van der Waals surface area contributed by atoms with Crippen LogP contribution in [0.1, 0.15) is 22.5 Å². The van der Waals surface area contributed by atoms with E-state index in [2.05, 4.69) is 63.8 Å². The summed E-state index contributed by atoms with van der Waals surface area (Å²) in [5.74, 6) is 0.577. The number of ketones is 1. The molecule has 0 bridgehead atoms. The molecule has 4 aromatic rings. The number of likely N-dealkylation sites (tertiary alicyclic amines) is 1. The molecule has 2 aromatic carbocycles. The molecule has 6 nitrogen and oxygen atoms in total. The molecule has 3 heterocycles. The molecule has 0 amide bonds. The van der Waals surface area contributed by atoms with Gasteiger partial charge in [-0.05, 0) is 91.3 Å². The van der Waals surface area contributed by atoms with Gasteiger partial charge in [-0.15, -0.1) is 0 Å². The molecule has 1 fully saturated rings. The van der Waals surface area contributed by atoms with E-state index in [1.165, 1.54) is 3.57 Å². The maximum absolute atomic E-state index is 13.8. The minimum atomic E-state index is 0.0165. The number of rotatable bonds is 2. The molecule has 1 aliphatic carbocycles. The van der Waals surface area contributed by atoms with E-state index in [4.69, 9.17) is 10.1 Å². The Morgan fingerprint density at radius 1 is 1.06 bits per heavy atom. The summed E-state index contributed by atoms with van der Waals surface area (Å²) < 4.78 is 3.13. The quantitative estimate of drug-likeness (QED) is 0.357. The van der Waals surface area contributed by atoms with E-state index >= 15 is 0 Å². The standard InChI is InChI=1S/C25H22IN5O/c1-30-11-10-15-12-22-23(25(32)18(15)14-30)24(29-31(22)17-8-6-16(26)7-9-17)21-13-27-19-4-2-3-5-20(19)28-21/h2-9,13,15,18H,10-12,14H2,1H3. The highest BCUT2D eigenvalue weighted by atomic mass is 127.